The summed E-state index contributed by atoms with van der Waals surface area (Å²) in [6.45, 7) is 4.14. The summed E-state index contributed by atoms with van der Waals surface area (Å²) in [7, 11) is 0. The topological polar surface area (TPSA) is 0 Å². The fourth-order valence-electron chi connectivity index (χ4n) is 0.689. The first-order valence-corrected chi connectivity index (χ1v) is 3.22. The molecule has 11 heavy (non-hydrogen) atoms. The molecule has 0 N–H and O–H groups in total. The summed E-state index contributed by atoms with van der Waals surface area (Å²) < 4.78 is 0. The van der Waals surface area contributed by atoms with Gasteiger partial charge in [0.2, 0.25) is 0 Å². The van der Waals surface area contributed by atoms with Gasteiger partial charge in [-0.3, -0.25) is 23.3 Å². The van der Waals surface area contributed by atoms with Gasteiger partial charge in [0.15, 0.2) is 0 Å². The third-order valence-electron chi connectivity index (χ3n) is 1.33. The van der Waals surface area contributed by atoms with Crippen LogP contribution in [-0.4, -0.2) is 0 Å². The SMILES string of the molecule is CCc1[c-]cc(C)[c-]c1.[Y].[Y]. The second-order valence-corrected chi connectivity index (χ2v) is 2.14. The van der Waals surface area contributed by atoms with Crippen LogP contribution in [0.25, 0.3) is 0 Å². The average Bonchev–Trinajstić information content (AvgIpc) is 1.90. The van der Waals surface area contributed by atoms with E-state index >= 15 is 0 Å². The van der Waals surface area contributed by atoms with Gasteiger partial charge in [0, 0.05) is 65.4 Å². The van der Waals surface area contributed by atoms with Crippen molar-refractivity contribution in [1.82, 2.24) is 0 Å². The molecule has 0 unspecified atom stereocenters. The van der Waals surface area contributed by atoms with Crippen molar-refractivity contribution in [3.63, 3.8) is 0 Å². The standard InChI is InChI=1S/C9H10.2Y/c1-3-9-6-4-8(2)5-7-9;;/h4,7H,3H2,1-2H3;;/q-2;;. The Morgan fingerprint density at radius 3 is 2.18 bits per heavy atom. The Labute approximate surface area is 119 Å². The summed E-state index contributed by atoms with van der Waals surface area (Å²) in [5, 5.41) is 0. The van der Waals surface area contributed by atoms with Crippen LogP contribution in [-0.2, 0) is 71.8 Å². The largest absolute Gasteiger partial charge is 0.316 e. The molecule has 0 saturated heterocycles. The molecule has 1 aromatic carbocycles. The van der Waals surface area contributed by atoms with Gasteiger partial charge in [0.05, 0.1) is 0 Å². The van der Waals surface area contributed by atoms with Crippen LogP contribution in [0.1, 0.15) is 18.1 Å². The Kier molecular flexibility index (Phi) is 10.9. The molecule has 0 aliphatic rings. The summed E-state index contributed by atoms with van der Waals surface area (Å²) in [4.78, 5) is 0. The quantitative estimate of drug-likeness (QED) is 0.697. The van der Waals surface area contributed by atoms with E-state index in [2.05, 4.69) is 19.1 Å². The monoisotopic (exact) mass is 296 g/mol. The van der Waals surface area contributed by atoms with E-state index < -0.39 is 0 Å². The number of benzene rings is 1. The minimum absolute atomic E-state index is 0. The first kappa shape index (κ1) is 14.9. The summed E-state index contributed by atoms with van der Waals surface area (Å²) in [5.41, 5.74) is 2.40. The van der Waals surface area contributed by atoms with Crippen LogP contribution in [0.15, 0.2) is 12.1 Å². The van der Waals surface area contributed by atoms with Crippen LogP contribution in [0, 0.1) is 19.1 Å². The number of rotatable bonds is 1. The van der Waals surface area contributed by atoms with Crippen molar-refractivity contribution < 1.29 is 65.4 Å². The van der Waals surface area contributed by atoms with E-state index in [9.17, 15) is 0 Å². The summed E-state index contributed by atoms with van der Waals surface area (Å²) in [6, 6.07) is 10.2. The minimum atomic E-state index is 0. The van der Waals surface area contributed by atoms with Crippen LogP contribution in [0.2, 0.25) is 0 Å². The predicted molar refractivity (Wildman–Crippen MR) is 38.2 cm³/mol. The second kappa shape index (κ2) is 8.05. The smallest absolute Gasteiger partial charge is 0 e. The van der Waals surface area contributed by atoms with E-state index in [1.807, 2.05) is 19.1 Å². The third-order valence-corrected chi connectivity index (χ3v) is 1.33. The number of hydrogen-bond donors (Lipinski definition) is 0. The van der Waals surface area contributed by atoms with E-state index in [1.165, 1.54) is 5.56 Å². The zero-order valence-electron chi connectivity index (χ0n) is 7.02. The molecule has 0 nitrogen and oxygen atoms in total. The molecule has 0 bridgehead atoms. The van der Waals surface area contributed by atoms with Crippen LogP contribution >= 0.6 is 0 Å². The molecule has 0 fully saturated rings. The van der Waals surface area contributed by atoms with Crippen LogP contribution < -0.4 is 0 Å². The van der Waals surface area contributed by atoms with E-state index in [0.717, 1.165) is 12.0 Å². The van der Waals surface area contributed by atoms with Gasteiger partial charge in [-0.1, -0.05) is 13.3 Å². The molecule has 0 heterocycles. The Morgan fingerprint density at radius 1 is 1.18 bits per heavy atom. The zero-order valence-corrected chi connectivity index (χ0v) is 12.7. The molecule has 54 valence electrons. The van der Waals surface area contributed by atoms with Gasteiger partial charge in [-0.05, 0) is 0 Å². The van der Waals surface area contributed by atoms with Gasteiger partial charge in [-0.2, -0.15) is 0 Å². The number of hydrogen-bond acceptors (Lipinski definition) is 0. The second-order valence-electron chi connectivity index (χ2n) is 2.14. The molecule has 2 radical (unpaired) electrons. The van der Waals surface area contributed by atoms with Gasteiger partial charge in [-0.15, -0.1) is 6.92 Å². The van der Waals surface area contributed by atoms with Crippen molar-refractivity contribution in [2.75, 3.05) is 0 Å². The summed E-state index contributed by atoms with van der Waals surface area (Å²) in [5.74, 6) is 0. The van der Waals surface area contributed by atoms with Crippen LogP contribution in [0.4, 0.5) is 0 Å². The summed E-state index contributed by atoms with van der Waals surface area (Å²) in [6.07, 6.45) is 1.05. The fraction of sp³-hybridized carbons (Fsp3) is 0.333. The molecular formula is C9H10Y2-2. The molecular weight excluding hydrogens is 286 g/mol. The van der Waals surface area contributed by atoms with Gasteiger partial charge < -0.3 is 12.1 Å². The Morgan fingerprint density at radius 2 is 1.82 bits per heavy atom. The molecule has 1 rings (SSSR count). The van der Waals surface area contributed by atoms with Crippen molar-refractivity contribution >= 4 is 0 Å². The Hall–Kier alpha value is 1.43. The van der Waals surface area contributed by atoms with Gasteiger partial charge in [-0.25, -0.2) is 0 Å². The molecule has 0 atom stereocenters. The number of aryl methyl sites for hydroxylation is 2. The van der Waals surface area contributed by atoms with Crippen molar-refractivity contribution in [2.45, 2.75) is 20.3 Å². The van der Waals surface area contributed by atoms with E-state index in [0.29, 0.717) is 0 Å². The molecule has 0 aromatic heterocycles. The first-order valence-electron chi connectivity index (χ1n) is 3.22. The van der Waals surface area contributed by atoms with Crippen molar-refractivity contribution in [2.24, 2.45) is 0 Å². The molecule has 0 amide bonds. The van der Waals surface area contributed by atoms with Crippen molar-refractivity contribution in [3.8, 4) is 0 Å². The molecule has 0 spiro atoms. The Balaban J connectivity index is 0. The maximum atomic E-state index is 3.16. The maximum absolute atomic E-state index is 3.16. The van der Waals surface area contributed by atoms with Crippen molar-refractivity contribution in [3.05, 3.63) is 35.4 Å². The van der Waals surface area contributed by atoms with E-state index in [1.54, 1.807) is 0 Å². The van der Waals surface area contributed by atoms with Gasteiger partial charge in [0.1, 0.15) is 0 Å². The molecule has 1 aromatic rings. The van der Waals surface area contributed by atoms with E-state index in [4.69, 9.17) is 0 Å². The van der Waals surface area contributed by atoms with E-state index in [-0.39, 0.29) is 65.4 Å². The zero-order chi connectivity index (χ0) is 6.69. The van der Waals surface area contributed by atoms with Gasteiger partial charge >= 0.3 is 0 Å². The van der Waals surface area contributed by atoms with Crippen LogP contribution in [0.3, 0.4) is 0 Å². The van der Waals surface area contributed by atoms with Gasteiger partial charge in [0.25, 0.3) is 0 Å². The predicted octanol–water partition coefficient (Wildman–Crippen LogP) is 2.15. The molecule has 0 saturated carbocycles. The minimum Gasteiger partial charge on any atom is -0.316 e. The Bertz CT molecular complexity index is 179. The normalized spacial score (nSPS) is 7.82. The van der Waals surface area contributed by atoms with Crippen molar-refractivity contribution in [1.29, 1.82) is 0 Å². The molecule has 2 heteroatoms. The van der Waals surface area contributed by atoms with Crippen LogP contribution in [0.5, 0.6) is 0 Å². The first-order chi connectivity index (χ1) is 4.33. The fourth-order valence-corrected chi connectivity index (χ4v) is 0.689. The average molecular weight is 296 g/mol. The summed E-state index contributed by atoms with van der Waals surface area (Å²) >= 11 is 0. The maximum Gasteiger partial charge on any atom is 0 e. The third kappa shape index (κ3) is 5.63. The molecule has 0 aliphatic carbocycles. The molecule has 0 aliphatic heterocycles.